The zero-order valence-electron chi connectivity index (χ0n) is 7.76. The molecule has 0 aromatic carbocycles. The second-order valence-electron chi connectivity index (χ2n) is 1.57. The summed E-state index contributed by atoms with van der Waals surface area (Å²) in [6.45, 7) is 0. The number of hydrogen-bond donors (Lipinski definition) is 4. The maximum atomic E-state index is 9.77. The zero-order chi connectivity index (χ0) is 8.31. The summed E-state index contributed by atoms with van der Waals surface area (Å²) in [5.74, 6) is -3.54. The minimum absolute atomic E-state index is 0. The Hall–Kier alpha value is 0.416. The van der Waals surface area contributed by atoms with E-state index >= 15 is 0 Å². The molecule has 0 aromatic heterocycles. The summed E-state index contributed by atoms with van der Waals surface area (Å²) in [6.07, 6.45) is -4.53. The van der Waals surface area contributed by atoms with Crippen molar-refractivity contribution in [3.63, 3.8) is 0 Å². The first kappa shape index (κ1) is 23.3. The van der Waals surface area contributed by atoms with Gasteiger partial charge in [0.1, 0.15) is 0 Å². The smallest absolute Gasteiger partial charge is 1.00 e. The summed E-state index contributed by atoms with van der Waals surface area (Å²) in [6, 6.07) is 0. The molecule has 13 heavy (non-hydrogen) atoms. The van der Waals surface area contributed by atoms with Gasteiger partial charge >= 0.3 is 63.3 Å². The fourth-order valence-corrected chi connectivity index (χ4v) is 0.270. The van der Waals surface area contributed by atoms with Crippen LogP contribution in [0.4, 0.5) is 0 Å². The quantitative estimate of drug-likeness (QED) is 0.347. The third kappa shape index (κ3) is 8.74. The Kier molecular flexibility index (Phi) is 18.8. The summed E-state index contributed by atoms with van der Waals surface area (Å²) >= 11 is 0. The fraction of sp³-hybridized carbons (Fsp3) is 0.500. The number of carboxylic acids is 2. The first-order valence-electron chi connectivity index (χ1n) is 2.28. The van der Waals surface area contributed by atoms with Crippen molar-refractivity contribution in [1.82, 2.24) is 0 Å². The van der Waals surface area contributed by atoms with Crippen LogP contribution in [0.15, 0.2) is 0 Å². The number of carboxylic acid groups (broad SMARTS) is 2. The molecule has 0 rings (SSSR count). The Morgan fingerprint density at radius 3 is 1.15 bits per heavy atom. The molecule has 0 aliphatic carbocycles. The molecule has 0 spiro atoms. The van der Waals surface area contributed by atoms with Crippen LogP contribution in [0, 0.1) is 0 Å². The SMILES string of the molecule is O.O.O=C(O)C(O)C(O)C(=O)O.[H-].[K+]. The van der Waals surface area contributed by atoms with Gasteiger partial charge in [0, 0.05) is 0 Å². The van der Waals surface area contributed by atoms with E-state index in [0.29, 0.717) is 0 Å². The standard InChI is InChI=1S/C4H6O6.K.2H2O.H/c5-1(3(7)8)2(6)4(9)10;;;;/h1-2,5-6H,(H,7,8)(H,9,10);;2*1H2;/q;+1;;;-1. The molecule has 9 heteroatoms. The first-order chi connectivity index (χ1) is 4.46. The molecule has 0 aliphatic heterocycles. The minimum atomic E-state index is -2.27. The van der Waals surface area contributed by atoms with Gasteiger partial charge in [0.05, 0.1) is 0 Å². The molecule has 0 saturated carbocycles. The number of rotatable bonds is 3. The maximum Gasteiger partial charge on any atom is 1.00 e. The molecule has 0 radical (unpaired) electrons. The van der Waals surface area contributed by atoms with Crippen molar-refractivity contribution in [2.24, 2.45) is 0 Å². The molecular formula is C4H11KO8. The van der Waals surface area contributed by atoms with Gasteiger partial charge in [-0.2, -0.15) is 0 Å². The number of carbonyl (C=O) groups is 2. The van der Waals surface area contributed by atoms with E-state index in [-0.39, 0.29) is 63.8 Å². The average molecular weight is 226 g/mol. The molecule has 0 aromatic rings. The summed E-state index contributed by atoms with van der Waals surface area (Å²) in [7, 11) is 0. The van der Waals surface area contributed by atoms with Crippen molar-refractivity contribution in [3.8, 4) is 0 Å². The van der Waals surface area contributed by atoms with E-state index in [1.54, 1.807) is 0 Å². The Morgan fingerprint density at radius 2 is 1.08 bits per heavy atom. The molecule has 2 unspecified atom stereocenters. The molecule has 8 nitrogen and oxygen atoms in total. The molecular weight excluding hydrogens is 215 g/mol. The van der Waals surface area contributed by atoms with Crippen molar-refractivity contribution in [3.05, 3.63) is 0 Å². The van der Waals surface area contributed by atoms with Crippen LogP contribution in [0.5, 0.6) is 0 Å². The van der Waals surface area contributed by atoms with E-state index in [1.165, 1.54) is 0 Å². The maximum absolute atomic E-state index is 9.77. The molecule has 0 amide bonds. The summed E-state index contributed by atoms with van der Waals surface area (Å²) in [5, 5.41) is 32.5. The van der Waals surface area contributed by atoms with E-state index in [1.807, 2.05) is 0 Å². The van der Waals surface area contributed by atoms with Crippen molar-refractivity contribution in [2.45, 2.75) is 12.2 Å². The van der Waals surface area contributed by atoms with E-state index in [4.69, 9.17) is 20.4 Å². The van der Waals surface area contributed by atoms with Gasteiger partial charge in [-0.1, -0.05) is 0 Å². The summed E-state index contributed by atoms with van der Waals surface area (Å²) < 4.78 is 0. The Labute approximate surface area is 117 Å². The van der Waals surface area contributed by atoms with Crippen molar-refractivity contribution < 1.29 is 93.8 Å². The van der Waals surface area contributed by atoms with Gasteiger partial charge in [-0.3, -0.25) is 0 Å². The molecule has 0 bridgehead atoms. The van der Waals surface area contributed by atoms with Crippen LogP contribution in [0.25, 0.3) is 0 Å². The molecule has 8 N–H and O–H groups in total. The Bertz CT molecular complexity index is 145. The molecule has 0 heterocycles. The number of aliphatic hydroxyl groups is 2. The summed E-state index contributed by atoms with van der Waals surface area (Å²) in [4.78, 5) is 19.5. The monoisotopic (exact) mass is 226 g/mol. The van der Waals surface area contributed by atoms with E-state index in [0.717, 1.165) is 0 Å². The number of aliphatic carboxylic acids is 2. The second kappa shape index (κ2) is 10.5. The van der Waals surface area contributed by atoms with Crippen LogP contribution in [0.3, 0.4) is 0 Å². The van der Waals surface area contributed by atoms with Crippen LogP contribution >= 0.6 is 0 Å². The summed E-state index contributed by atoms with van der Waals surface area (Å²) in [5.41, 5.74) is 0. The van der Waals surface area contributed by atoms with Crippen LogP contribution in [0.2, 0.25) is 0 Å². The zero-order valence-corrected chi connectivity index (χ0v) is 9.88. The van der Waals surface area contributed by atoms with Gasteiger partial charge in [-0.25, -0.2) is 9.59 Å². The Morgan fingerprint density at radius 1 is 0.923 bits per heavy atom. The van der Waals surface area contributed by atoms with Crippen molar-refractivity contribution in [2.75, 3.05) is 0 Å². The van der Waals surface area contributed by atoms with Gasteiger partial charge < -0.3 is 32.8 Å². The largest absolute Gasteiger partial charge is 1.00 e. The predicted molar refractivity (Wildman–Crippen MR) is 35.6 cm³/mol. The predicted octanol–water partition coefficient (Wildman–Crippen LogP) is -6.66. The van der Waals surface area contributed by atoms with E-state index in [2.05, 4.69) is 0 Å². The van der Waals surface area contributed by atoms with Gasteiger partial charge in [0.25, 0.3) is 0 Å². The Balaban J connectivity index is -0.0000000675. The molecule has 76 valence electrons. The molecule has 0 fully saturated rings. The molecule has 2 atom stereocenters. The molecule has 0 aliphatic rings. The number of aliphatic hydroxyl groups excluding tert-OH is 2. The van der Waals surface area contributed by atoms with Gasteiger partial charge in [0.15, 0.2) is 12.2 Å². The molecule has 0 saturated heterocycles. The normalized spacial score (nSPS) is 12.2. The van der Waals surface area contributed by atoms with Gasteiger partial charge in [0.2, 0.25) is 0 Å². The topological polar surface area (TPSA) is 178 Å². The van der Waals surface area contributed by atoms with Crippen molar-refractivity contribution in [1.29, 1.82) is 0 Å². The van der Waals surface area contributed by atoms with Crippen molar-refractivity contribution >= 4 is 11.9 Å². The number of hydrogen-bond acceptors (Lipinski definition) is 4. The van der Waals surface area contributed by atoms with Crippen LogP contribution < -0.4 is 51.4 Å². The average Bonchev–Trinajstić information content (AvgIpc) is 1.84. The third-order valence-electron chi connectivity index (χ3n) is 0.805. The van der Waals surface area contributed by atoms with Gasteiger partial charge in [-0.15, -0.1) is 0 Å². The first-order valence-corrected chi connectivity index (χ1v) is 2.28. The van der Waals surface area contributed by atoms with Gasteiger partial charge in [-0.05, 0) is 0 Å². The van der Waals surface area contributed by atoms with Crippen LogP contribution in [-0.2, 0) is 9.59 Å². The second-order valence-corrected chi connectivity index (χ2v) is 1.57. The van der Waals surface area contributed by atoms with Crippen LogP contribution in [-0.4, -0.2) is 55.5 Å². The minimum Gasteiger partial charge on any atom is -1.00 e. The fourth-order valence-electron chi connectivity index (χ4n) is 0.270. The van der Waals surface area contributed by atoms with Crippen LogP contribution in [0.1, 0.15) is 1.43 Å². The van der Waals surface area contributed by atoms with E-state index in [9.17, 15) is 9.59 Å². The third-order valence-corrected chi connectivity index (χ3v) is 0.805. The van der Waals surface area contributed by atoms with E-state index < -0.39 is 24.1 Å².